The van der Waals surface area contributed by atoms with E-state index in [2.05, 4.69) is 10.2 Å². The maximum Gasteiger partial charge on any atom is 0.270 e. The zero-order valence-electron chi connectivity index (χ0n) is 14.5. The van der Waals surface area contributed by atoms with Gasteiger partial charge in [0.05, 0.1) is 27.1 Å². The number of hydrogen-bond acceptors (Lipinski definition) is 7. The highest BCUT2D eigenvalue weighted by molar-refractivity contribution is 7.85. The molecule has 0 aliphatic carbocycles. The Balaban J connectivity index is 1.91. The summed E-state index contributed by atoms with van der Waals surface area (Å²) in [6.07, 6.45) is 1.64. The van der Waals surface area contributed by atoms with Crippen molar-refractivity contribution in [3.8, 4) is 0 Å². The topological polar surface area (TPSA) is 127 Å². The van der Waals surface area contributed by atoms with E-state index in [4.69, 9.17) is 4.55 Å². The monoisotopic (exact) mass is 420 g/mol. The van der Waals surface area contributed by atoms with Crippen LogP contribution >= 0.6 is 11.3 Å². The lowest BCUT2D eigenvalue weighted by Gasteiger charge is -2.03. The molecule has 0 bridgehead atoms. The second-order valence-electron chi connectivity index (χ2n) is 5.84. The van der Waals surface area contributed by atoms with Crippen molar-refractivity contribution in [3.63, 3.8) is 0 Å². The maximum atomic E-state index is 11.0. The highest BCUT2D eigenvalue weighted by Gasteiger charge is 2.09. The molecule has 0 saturated carbocycles. The summed E-state index contributed by atoms with van der Waals surface area (Å²) in [5, 5.41) is 19.1. The first-order valence-electron chi connectivity index (χ1n) is 8.18. The molecule has 0 amide bonds. The van der Waals surface area contributed by atoms with Gasteiger partial charge in [-0.25, -0.2) is 0 Å². The standard InChI is InChI=1S/C17H16N4O5S2/c22-21(23)14-6-3-5-13(11-14)12-18-19-17-20(9-4-10-28(24,25)26)15-7-1-2-8-16(15)27-17/h1-3,5-8,11-12H,4,9-10H2,(H,24,25,26)/b18-12+,19-17+. The fraction of sp³-hybridized carbons (Fsp3) is 0.176. The molecule has 0 aliphatic heterocycles. The molecule has 1 N–H and O–H groups in total. The van der Waals surface area contributed by atoms with Gasteiger partial charge in [-0.05, 0) is 18.6 Å². The Bertz CT molecular complexity index is 1210. The van der Waals surface area contributed by atoms with Crippen LogP contribution in [0.25, 0.3) is 10.2 Å². The van der Waals surface area contributed by atoms with E-state index in [1.165, 1.54) is 29.7 Å². The zero-order chi connectivity index (χ0) is 20.1. The highest BCUT2D eigenvalue weighted by Crippen LogP contribution is 2.17. The molecule has 28 heavy (non-hydrogen) atoms. The highest BCUT2D eigenvalue weighted by atomic mass is 32.2. The zero-order valence-corrected chi connectivity index (χ0v) is 16.1. The van der Waals surface area contributed by atoms with E-state index in [-0.39, 0.29) is 17.9 Å². The molecule has 1 heterocycles. The van der Waals surface area contributed by atoms with Gasteiger partial charge >= 0.3 is 0 Å². The lowest BCUT2D eigenvalue weighted by molar-refractivity contribution is -0.384. The first-order valence-corrected chi connectivity index (χ1v) is 10.6. The number of benzene rings is 2. The summed E-state index contributed by atoms with van der Waals surface area (Å²) in [6, 6.07) is 13.6. The number of nitro groups is 1. The van der Waals surface area contributed by atoms with E-state index in [9.17, 15) is 18.5 Å². The number of aryl methyl sites for hydroxylation is 1. The summed E-state index contributed by atoms with van der Waals surface area (Å²) < 4.78 is 33.6. The van der Waals surface area contributed by atoms with Crippen LogP contribution in [0.5, 0.6) is 0 Å². The Hall–Kier alpha value is -2.89. The van der Waals surface area contributed by atoms with Crippen LogP contribution in [0.1, 0.15) is 12.0 Å². The van der Waals surface area contributed by atoms with Crippen molar-refractivity contribution in [2.24, 2.45) is 10.2 Å². The summed E-state index contributed by atoms with van der Waals surface area (Å²) in [7, 11) is -4.03. The summed E-state index contributed by atoms with van der Waals surface area (Å²) >= 11 is 1.39. The lowest BCUT2D eigenvalue weighted by Crippen LogP contribution is -2.17. The minimum Gasteiger partial charge on any atom is -0.315 e. The second-order valence-corrected chi connectivity index (χ2v) is 8.42. The average Bonchev–Trinajstić information content (AvgIpc) is 2.99. The molecule has 0 radical (unpaired) electrons. The molecule has 146 valence electrons. The second kappa shape index (κ2) is 8.42. The number of hydrogen-bond donors (Lipinski definition) is 1. The molecule has 3 rings (SSSR count). The first kappa shape index (κ1) is 19.9. The lowest BCUT2D eigenvalue weighted by atomic mass is 10.2. The molecule has 9 nitrogen and oxygen atoms in total. The number of thiazole rings is 1. The molecular formula is C17H16N4O5S2. The van der Waals surface area contributed by atoms with Crippen molar-refractivity contribution in [3.05, 3.63) is 69.0 Å². The van der Waals surface area contributed by atoms with E-state index in [1.807, 2.05) is 28.8 Å². The minimum atomic E-state index is -4.03. The van der Waals surface area contributed by atoms with Crippen molar-refractivity contribution >= 4 is 43.6 Å². The molecule has 0 aliphatic rings. The number of rotatable bonds is 7. The average molecular weight is 420 g/mol. The number of nitrogens with zero attached hydrogens (tertiary/aromatic N) is 4. The quantitative estimate of drug-likeness (QED) is 0.272. The Morgan fingerprint density at radius 1 is 1.21 bits per heavy atom. The van der Waals surface area contributed by atoms with Gasteiger partial charge in [-0.3, -0.25) is 14.7 Å². The number of fused-ring (bicyclic) bond motifs is 1. The molecule has 3 aromatic rings. The maximum absolute atomic E-state index is 11.0. The molecule has 0 atom stereocenters. The normalized spacial score (nSPS) is 12.8. The molecule has 0 spiro atoms. The Morgan fingerprint density at radius 2 is 2.00 bits per heavy atom. The van der Waals surface area contributed by atoms with Gasteiger partial charge in [0.15, 0.2) is 0 Å². The van der Waals surface area contributed by atoms with Crippen molar-refractivity contribution < 1.29 is 17.9 Å². The van der Waals surface area contributed by atoms with Crippen LogP contribution in [0.2, 0.25) is 0 Å². The SMILES string of the molecule is O=[N+]([O-])c1cccc(/C=N/N=c2/sc3ccccc3n2CCCS(=O)(=O)O)c1. The van der Waals surface area contributed by atoms with E-state index < -0.39 is 15.0 Å². The van der Waals surface area contributed by atoms with Crippen LogP contribution in [-0.2, 0) is 16.7 Å². The van der Waals surface area contributed by atoms with Gasteiger partial charge in [-0.15, -0.1) is 5.10 Å². The van der Waals surface area contributed by atoms with Gasteiger partial charge < -0.3 is 4.57 Å². The Kier molecular flexibility index (Phi) is 5.97. The predicted molar refractivity (Wildman–Crippen MR) is 107 cm³/mol. The van der Waals surface area contributed by atoms with Crippen molar-refractivity contribution in [1.29, 1.82) is 0 Å². The fourth-order valence-electron chi connectivity index (χ4n) is 2.58. The third-order valence-electron chi connectivity index (χ3n) is 3.80. The molecule has 2 aromatic carbocycles. The number of nitro benzene ring substituents is 1. The molecular weight excluding hydrogens is 404 g/mol. The van der Waals surface area contributed by atoms with Crippen LogP contribution < -0.4 is 4.80 Å². The summed E-state index contributed by atoms with van der Waals surface area (Å²) in [5.74, 6) is -0.347. The van der Waals surface area contributed by atoms with Gasteiger partial charge in [0, 0.05) is 24.2 Å². The van der Waals surface area contributed by atoms with Crippen LogP contribution in [-0.4, -0.2) is 34.4 Å². The van der Waals surface area contributed by atoms with Crippen LogP contribution in [0, 0.1) is 10.1 Å². The Labute approximate surface area is 164 Å². The van der Waals surface area contributed by atoms with Gasteiger partial charge in [0.2, 0.25) is 4.80 Å². The van der Waals surface area contributed by atoms with Crippen LogP contribution in [0.3, 0.4) is 0 Å². The smallest absolute Gasteiger partial charge is 0.270 e. The van der Waals surface area contributed by atoms with Gasteiger partial charge in [0.1, 0.15) is 0 Å². The summed E-state index contributed by atoms with van der Waals surface area (Å²) in [4.78, 5) is 10.9. The first-order chi connectivity index (χ1) is 13.3. The van der Waals surface area contributed by atoms with E-state index >= 15 is 0 Å². The van der Waals surface area contributed by atoms with Crippen molar-refractivity contribution in [2.75, 3.05) is 5.75 Å². The fourth-order valence-corrected chi connectivity index (χ4v) is 4.09. The van der Waals surface area contributed by atoms with Crippen molar-refractivity contribution in [2.45, 2.75) is 13.0 Å². The summed E-state index contributed by atoms with van der Waals surface area (Å²) in [6.45, 7) is 0.342. The Morgan fingerprint density at radius 3 is 2.75 bits per heavy atom. The largest absolute Gasteiger partial charge is 0.315 e. The molecule has 0 fully saturated rings. The van der Waals surface area contributed by atoms with Crippen LogP contribution in [0.4, 0.5) is 5.69 Å². The molecule has 11 heteroatoms. The number of para-hydroxylation sites is 1. The van der Waals surface area contributed by atoms with E-state index in [1.54, 1.807) is 12.1 Å². The van der Waals surface area contributed by atoms with Crippen LogP contribution in [0.15, 0.2) is 58.7 Å². The van der Waals surface area contributed by atoms with Gasteiger partial charge in [-0.1, -0.05) is 35.6 Å². The summed E-state index contributed by atoms with van der Waals surface area (Å²) in [5.41, 5.74) is 1.38. The van der Waals surface area contributed by atoms with Gasteiger partial charge in [-0.2, -0.15) is 13.5 Å². The predicted octanol–water partition coefficient (Wildman–Crippen LogP) is 2.82. The third-order valence-corrected chi connectivity index (χ3v) is 5.66. The number of non-ortho nitro benzene ring substituents is 1. The molecule has 1 aromatic heterocycles. The number of aromatic nitrogens is 1. The van der Waals surface area contributed by atoms with E-state index in [0.717, 1.165) is 10.2 Å². The van der Waals surface area contributed by atoms with E-state index in [0.29, 0.717) is 16.9 Å². The minimum absolute atomic E-state index is 0.0360. The van der Waals surface area contributed by atoms with Crippen molar-refractivity contribution in [1.82, 2.24) is 4.57 Å². The third kappa shape index (κ3) is 5.09. The molecule has 0 unspecified atom stereocenters. The van der Waals surface area contributed by atoms with Gasteiger partial charge in [0.25, 0.3) is 15.8 Å². The molecule has 0 saturated heterocycles.